The smallest absolute Gasteiger partial charge is 0.408 e. The van der Waals surface area contributed by atoms with Crippen LogP contribution in [-0.4, -0.2) is 37.4 Å². The van der Waals surface area contributed by atoms with Crippen LogP contribution in [0.25, 0.3) is 0 Å². The first kappa shape index (κ1) is 19.2. The van der Waals surface area contributed by atoms with E-state index in [0.29, 0.717) is 11.4 Å². The van der Waals surface area contributed by atoms with Crippen molar-refractivity contribution in [2.45, 2.75) is 32.4 Å². The van der Waals surface area contributed by atoms with E-state index >= 15 is 0 Å². The van der Waals surface area contributed by atoms with Crippen LogP contribution in [0, 0.1) is 0 Å². The summed E-state index contributed by atoms with van der Waals surface area (Å²) in [6, 6.07) is 4.17. The number of anilines is 2. The second kappa shape index (κ2) is 8.16. The van der Waals surface area contributed by atoms with E-state index in [4.69, 9.17) is 15.2 Å². The van der Waals surface area contributed by atoms with Gasteiger partial charge in [-0.15, -0.1) is 0 Å². The van der Waals surface area contributed by atoms with Gasteiger partial charge >= 0.3 is 6.09 Å². The SMILES string of the molecule is COC[C@H](NC(=O)OC(C)(C)C)C(=O)Nc1ccc(Br)cc1N. The third kappa shape index (κ3) is 6.87. The van der Waals surface area contributed by atoms with Crippen molar-refractivity contribution in [2.24, 2.45) is 0 Å². The molecule has 4 N–H and O–H groups in total. The summed E-state index contributed by atoms with van der Waals surface area (Å²) in [5.74, 6) is -0.452. The molecule has 128 valence electrons. The maximum Gasteiger partial charge on any atom is 0.408 e. The minimum Gasteiger partial charge on any atom is -0.444 e. The number of hydrogen-bond acceptors (Lipinski definition) is 5. The molecule has 0 aliphatic carbocycles. The summed E-state index contributed by atoms with van der Waals surface area (Å²) in [7, 11) is 1.44. The fourth-order valence-electron chi connectivity index (χ4n) is 1.67. The highest BCUT2D eigenvalue weighted by Crippen LogP contribution is 2.23. The molecular formula is C15H22BrN3O4. The molecule has 2 amide bonds. The van der Waals surface area contributed by atoms with Crippen molar-refractivity contribution in [3.05, 3.63) is 22.7 Å². The Kier molecular flexibility index (Phi) is 6.83. The van der Waals surface area contributed by atoms with Gasteiger partial charge in [0, 0.05) is 11.6 Å². The van der Waals surface area contributed by atoms with Gasteiger partial charge in [-0.1, -0.05) is 15.9 Å². The summed E-state index contributed by atoms with van der Waals surface area (Å²) in [5.41, 5.74) is 6.04. The lowest BCUT2D eigenvalue weighted by Gasteiger charge is -2.23. The zero-order valence-corrected chi connectivity index (χ0v) is 15.2. The van der Waals surface area contributed by atoms with Crippen LogP contribution in [0.5, 0.6) is 0 Å². The lowest BCUT2D eigenvalue weighted by Crippen LogP contribution is -2.48. The van der Waals surface area contributed by atoms with Gasteiger partial charge < -0.3 is 25.8 Å². The van der Waals surface area contributed by atoms with E-state index in [0.717, 1.165) is 4.47 Å². The van der Waals surface area contributed by atoms with Gasteiger partial charge in [-0.3, -0.25) is 4.79 Å². The first-order valence-corrected chi connectivity index (χ1v) is 7.76. The number of nitrogens with two attached hydrogens (primary N) is 1. The van der Waals surface area contributed by atoms with Gasteiger partial charge in [0.05, 0.1) is 18.0 Å². The summed E-state index contributed by atoms with van der Waals surface area (Å²) < 4.78 is 10.9. The molecule has 8 heteroatoms. The number of nitrogen functional groups attached to an aromatic ring is 1. The number of halogens is 1. The monoisotopic (exact) mass is 387 g/mol. The maximum atomic E-state index is 12.3. The normalized spacial score (nSPS) is 12.4. The number of benzene rings is 1. The second-order valence-corrected chi connectivity index (χ2v) is 6.79. The van der Waals surface area contributed by atoms with Crippen LogP contribution in [0.2, 0.25) is 0 Å². The van der Waals surface area contributed by atoms with Gasteiger partial charge in [0.1, 0.15) is 11.6 Å². The lowest BCUT2D eigenvalue weighted by molar-refractivity contribution is -0.119. The van der Waals surface area contributed by atoms with Crippen molar-refractivity contribution in [1.82, 2.24) is 5.32 Å². The van der Waals surface area contributed by atoms with Crippen LogP contribution in [0.1, 0.15) is 20.8 Å². The maximum absolute atomic E-state index is 12.3. The molecule has 0 aromatic heterocycles. The molecule has 0 bridgehead atoms. The number of ether oxygens (including phenoxy) is 2. The number of hydrogen-bond donors (Lipinski definition) is 3. The Bertz CT molecular complexity index is 572. The van der Waals surface area contributed by atoms with Crippen LogP contribution in [0.4, 0.5) is 16.2 Å². The van der Waals surface area contributed by atoms with Crippen molar-refractivity contribution in [1.29, 1.82) is 0 Å². The van der Waals surface area contributed by atoms with E-state index in [-0.39, 0.29) is 6.61 Å². The summed E-state index contributed by atoms with van der Waals surface area (Å²) in [6.07, 6.45) is -0.696. The highest BCUT2D eigenvalue weighted by Gasteiger charge is 2.24. The molecule has 7 nitrogen and oxygen atoms in total. The molecule has 1 atom stereocenters. The largest absolute Gasteiger partial charge is 0.444 e. The molecular weight excluding hydrogens is 366 g/mol. The molecule has 0 aliphatic rings. The molecule has 0 radical (unpaired) electrons. The zero-order valence-electron chi connectivity index (χ0n) is 13.6. The average Bonchev–Trinajstić information content (AvgIpc) is 2.39. The van der Waals surface area contributed by atoms with Crippen LogP contribution >= 0.6 is 15.9 Å². The quantitative estimate of drug-likeness (QED) is 0.673. The standard InChI is InChI=1S/C15H22BrN3O4/c1-15(2,3)23-14(21)19-12(8-22-4)13(20)18-11-6-5-9(16)7-10(11)17/h5-7,12H,8,17H2,1-4H3,(H,18,20)(H,19,21)/t12-/m0/s1. The number of alkyl carbamates (subject to hydrolysis) is 1. The van der Waals surface area contributed by atoms with Gasteiger partial charge in [0.2, 0.25) is 5.91 Å². The number of carbonyl (C=O) groups is 2. The van der Waals surface area contributed by atoms with Gasteiger partial charge in [-0.05, 0) is 39.0 Å². The molecule has 0 aliphatic heterocycles. The summed E-state index contributed by atoms with van der Waals surface area (Å²) in [4.78, 5) is 24.1. The zero-order chi connectivity index (χ0) is 17.6. The molecule has 0 saturated carbocycles. The Labute approximate surface area is 144 Å². The number of rotatable bonds is 5. The van der Waals surface area contributed by atoms with E-state index in [9.17, 15) is 9.59 Å². The summed E-state index contributed by atoms with van der Waals surface area (Å²) >= 11 is 3.29. The van der Waals surface area contributed by atoms with Gasteiger partial charge in [-0.2, -0.15) is 0 Å². The molecule has 0 unspecified atom stereocenters. The number of carbonyl (C=O) groups excluding carboxylic acids is 2. The van der Waals surface area contributed by atoms with Crippen molar-refractivity contribution in [2.75, 3.05) is 24.8 Å². The van der Waals surface area contributed by atoms with E-state index < -0.39 is 23.6 Å². The molecule has 0 fully saturated rings. The highest BCUT2D eigenvalue weighted by molar-refractivity contribution is 9.10. The molecule has 1 aromatic carbocycles. The fourth-order valence-corrected chi connectivity index (χ4v) is 2.05. The van der Waals surface area contributed by atoms with E-state index in [1.807, 2.05) is 0 Å². The van der Waals surface area contributed by atoms with Crippen molar-refractivity contribution in [3.63, 3.8) is 0 Å². The number of nitrogens with one attached hydrogen (secondary N) is 2. The van der Waals surface area contributed by atoms with E-state index in [1.165, 1.54) is 7.11 Å². The van der Waals surface area contributed by atoms with E-state index in [1.54, 1.807) is 39.0 Å². The lowest BCUT2D eigenvalue weighted by atomic mass is 10.2. The second-order valence-electron chi connectivity index (χ2n) is 5.87. The van der Waals surface area contributed by atoms with Crippen LogP contribution in [-0.2, 0) is 14.3 Å². The molecule has 23 heavy (non-hydrogen) atoms. The topological polar surface area (TPSA) is 103 Å². The van der Waals surface area contributed by atoms with Crippen molar-refractivity contribution >= 4 is 39.3 Å². The Morgan fingerprint density at radius 1 is 1.35 bits per heavy atom. The molecule has 1 aromatic rings. The van der Waals surface area contributed by atoms with Gasteiger partial charge in [0.15, 0.2) is 0 Å². The predicted octanol–water partition coefficient (Wildman–Crippen LogP) is 2.51. The van der Waals surface area contributed by atoms with Gasteiger partial charge in [-0.25, -0.2) is 4.79 Å². The first-order chi connectivity index (χ1) is 10.6. The average molecular weight is 388 g/mol. The Balaban J connectivity index is 2.76. The summed E-state index contributed by atoms with van der Waals surface area (Å²) in [5, 5.41) is 5.13. The number of amides is 2. The molecule has 0 spiro atoms. The minimum absolute atomic E-state index is 0.00150. The van der Waals surface area contributed by atoms with Crippen LogP contribution < -0.4 is 16.4 Å². The van der Waals surface area contributed by atoms with Gasteiger partial charge in [0.25, 0.3) is 0 Å². The molecule has 0 heterocycles. The van der Waals surface area contributed by atoms with Crippen molar-refractivity contribution in [3.8, 4) is 0 Å². The van der Waals surface area contributed by atoms with E-state index in [2.05, 4.69) is 26.6 Å². The third-order valence-corrected chi connectivity index (χ3v) is 3.11. The Morgan fingerprint density at radius 3 is 2.52 bits per heavy atom. The molecule has 0 saturated heterocycles. The first-order valence-electron chi connectivity index (χ1n) is 6.96. The number of methoxy groups -OCH3 is 1. The Hall–Kier alpha value is -1.80. The highest BCUT2D eigenvalue weighted by atomic mass is 79.9. The minimum atomic E-state index is -0.905. The summed E-state index contributed by atoms with van der Waals surface area (Å²) in [6.45, 7) is 5.21. The predicted molar refractivity (Wildman–Crippen MR) is 92.2 cm³/mol. The molecule has 1 rings (SSSR count). The van der Waals surface area contributed by atoms with Crippen LogP contribution in [0.3, 0.4) is 0 Å². The van der Waals surface area contributed by atoms with Crippen LogP contribution in [0.15, 0.2) is 22.7 Å². The Morgan fingerprint density at radius 2 is 2.00 bits per heavy atom. The fraction of sp³-hybridized carbons (Fsp3) is 0.467. The third-order valence-electron chi connectivity index (χ3n) is 2.61. The van der Waals surface area contributed by atoms with Crippen molar-refractivity contribution < 1.29 is 19.1 Å².